The average molecular weight is 262 g/mol. The van der Waals surface area contributed by atoms with Gasteiger partial charge in [0.25, 0.3) is 0 Å². The zero-order valence-electron chi connectivity index (χ0n) is 12.4. The summed E-state index contributed by atoms with van der Waals surface area (Å²) in [4.78, 5) is 0. The van der Waals surface area contributed by atoms with Crippen LogP contribution in [0.1, 0.15) is 31.4 Å². The lowest BCUT2D eigenvalue weighted by Crippen LogP contribution is -2.47. The van der Waals surface area contributed by atoms with Crippen LogP contribution in [0, 0.1) is 0 Å². The van der Waals surface area contributed by atoms with Crippen molar-refractivity contribution in [2.75, 3.05) is 26.7 Å². The summed E-state index contributed by atoms with van der Waals surface area (Å²) in [6.07, 6.45) is 3.37. The van der Waals surface area contributed by atoms with Crippen molar-refractivity contribution in [3.63, 3.8) is 0 Å². The lowest BCUT2D eigenvalue weighted by atomic mass is 10.0. The molecule has 0 bridgehead atoms. The fraction of sp³-hybridized carbons (Fsp3) is 0.625. The van der Waals surface area contributed by atoms with Crippen LogP contribution in [0.25, 0.3) is 0 Å². The zero-order chi connectivity index (χ0) is 13.7. The molecule has 19 heavy (non-hydrogen) atoms. The number of rotatable bonds is 6. The van der Waals surface area contributed by atoms with E-state index in [4.69, 9.17) is 4.74 Å². The topological polar surface area (TPSA) is 33.3 Å². The van der Waals surface area contributed by atoms with Gasteiger partial charge in [-0.3, -0.25) is 0 Å². The van der Waals surface area contributed by atoms with Crippen LogP contribution in [0.2, 0.25) is 0 Å². The van der Waals surface area contributed by atoms with E-state index in [0.29, 0.717) is 0 Å². The highest BCUT2D eigenvalue weighted by Gasteiger charge is 2.15. The van der Waals surface area contributed by atoms with Crippen molar-refractivity contribution in [1.82, 2.24) is 10.6 Å². The first-order valence-electron chi connectivity index (χ1n) is 7.25. The number of hydrogen-bond donors (Lipinski definition) is 2. The van der Waals surface area contributed by atoms with E-state index in [-0.39, 0.29) is 5.54 Å². The van der Waals surface area contributed by atoms with Gasteiger partial charge in [-0.05, 0) is 63.9 Å². The molecule has 0 atom stereocenters. The van der Waals surface area contributed by atoms with E-state index in [9.17, 15) is 0 Å². The molecule has 0 amide bonds. The van der Waals surface area contributed by atoms with Crippen LogP contribution in [0.5, 0.6) is 5.75 Å². The number of aryl methyl sites for hydroxylation is 1. The summed E-state index contributed by atoms with van der Waals surface area (Å²) in [6, 6.07) is 6.63. The summed E-state index contributed by atoms with van der Waals surface area (Å²) >= 11 is 0. The standard InChI is InChI=1S/C16H26N2O/c1-16(2,12-17-3)18-9-8-13-6-7-15-14(11-13)5-4-10-19-15/h6-7,11,17-18H,4-5,8-10,12H2,1-3H3. The quantitative estimate of drug-likeness (QED) is 0.824. The first kappa shape index (κ1) is 14.4. The highest BCUT2D eigenvalue weighted by atomic mass is 16.5. The maximum absolute atomic E-state index is 5.65. The molecule has 1 aromatic rings. The minimum absolute atomic E-state index is 0.145. The van der Waals surface area contributed by atoms with E-state index in [2.05, 4.69) is 42.7 Å². The predicted octanol–water partition coefficient (Wildman–Crippen LogP) is 2.14. The molecule has 0 spiro atoms. The second-order valence-electron chi connectivity index (χ2n) is 5.99. The Bertz CT molecular complexity index is 415. The van der Waals surface area contributed by atoms with E-state index < -0.39 is 0 Å². The Morgan fingerprint density at radius 2 is 2.16 bits per heavy atom. The molecule has 3 heteroatoms. The van der Waals surface area contributed by atoms with Gasteiger partial charge >= 0.3 is 0 Å². The third-order valence-electron chi connectivity index (χ3n) is 3.61. The number of nitrogens with one attached hydrogen (secondary N) is 2. The Morgan fingerprint density at radius 3 is 2.95 bits per heavy atom. The molecule has 1 heterocycles. The SMILES string of the molecule is CNCC(C)(C)NCCc1ccc2c(c1)CCCO2. The van der Waals surface area contributed by atoms with E-state index in [0.717, 1.165) is 44.7 Å². The van der Waals surface area contributed by atoms with Gasteiger partial charge in [-0.2, -0.15) is 0 Å². The predicted molar refractivity (Wildman–Crippen MR) is 80.0 cm³/mol. The van der Waals surface area contributed by atoms with Crippen LogP contribution in [-0.2, 0) is 12.8 Å². The third kappa shape index (κ3) is 4.22. The number of hydrogen-bond acceptors (Lipinski definition) is 3. The van der Waals surface area contributed by atoms with Crippen LogP contribution in [0.15, 0.2) is 18.2 Å². The van der Waals surface area contributed by atoms with Crippen molar-refractivity contribution < 1.29 is 4.74 Å². The lowest BCUT2D eigenvalue weighted by molar-refractivity contribution is 0.288. The molecule has 106 valence electrons. The Balaban J connectivity index is 1.86. The Kier molecular flexibility index (Phi) is 4.83. The van der Waals surface area contributed by atoms with Crippen LogP contribution < -0.4 is 15.4 Å². The van der Waals surface area contributed by atoms with Crippen molar-refractivity contribution in [3.05, 3.63) is 29.3 Å². The normalized spacial score (nSPS) is 14.9. The van der Waals surface area contributed by atoms with Gasteiger partial charge in [-0.25, -0.2) is 0 Å². The van der Waals surface area contributed by atoms with E-state index in [1.165, 1.54) is 11.1 Å². The molecule has 2 rings (SSSR count). The third-order valence-corrected chi connectivity index (χ3v) is 3.61. The second-order valence-corrected chi connectivity index (χ2v) is 5.99. The fourth-order valence-corrected chi connectivity index (χ4v) is 2.62. The maximum atomic E-state index is 5.65. The molecule has 1 aromatic carbocycles. The minimum Gasteiger partial charge on any atom is -0.493 e. The Labute approximate surface area is 116 Å². The van der Waals surface area contributed by atoms with Gasteiger partial charge in [0.05, 0.1) is 6.61 Å². The molecular weight excluding hydrogens is 236 g/mol. The minimum atomic E-state index is 0.145. The van der Waals surface area contributed by atoms with Gasteiger partial charge in [-0.1, -0.05) is 12.1 Å². The Hall–Kier alpha value is -1.06. The number of benzene rings is 1. The van der Waals surface area contributed by atoms with Crippen LogP contribution >= 0.6 is 0 Å². The van der Waals surface area contributed by atoms with Gasteiger partial charge in [0.2, 0.25) is 0 Å². The first-order valence-corrected chi connectivity index (χ1v) is 7.25. The van der Waals surface area contributed by atoms with Crippen molar-refractivity contribution in [3.8, 4) is 5.75 Å². The number of ether oxygens (including phenoxy) is 1. The zero-order valence-corrected chi connectivity index (χ0v) is 12.4. The molecule has 1 aliphatic rings. The highest BCUT2D eigenvalue weighted by Crippen LogP contribution is 2.25. The monoisotopic (exact) mass is 262 g/mol. The van der Waals surface area contributed by atoms with Crippen LogP contribution in [-0.4, -0.2) is 32.3 Å². The molecule has 0 unspecified atom stereocenters. The van der Waals surface area contributed by atoms with E-state index in [1.54, 1.807) is 0 Å². The molecule has 1 aliphatic heterocycles. The largest absolute Gasteiger partial charge is 0.493 e. The van der Waals surface area contributed by atoms with Crippen molar-refractivity contribution in [2.45, 2.75) is 38.6 Å². The number of likely N-dealkylation sites (N-methyl/N-ethyl adjacent to an activating group) is 1. The van der Waals surface area contributed by atoms with E-state index in [1.807, 2.05) is 7.05 Å². The van der Waals surface area contributed by atoms with Gasteiger partial charge < -0.3 is 15.4 Å². The molecule has 3 nitrogen and oxygen atoms in total. The lowest BCUT2D eigenvalue weighted by Gasteiger charge is -2.26. The average Bonchev–Trinajstić information content (AvgIpc) is 2.38. The van der Waals surface area contributed by atoms with Crippen LogP contribution in [0.3, 0.4) is 0 Å². The molecular formula is C16H26N2O. The summed E-state index contributed by atoms with van der Waals surface area (Å²) in [5.74, 6) is 1.08. The highest BCUT2D eigenvalue weighted by molar-refractivity contribution is 5.38. The molecule has 0 fully saturated rings. The van der Waals surface area contributed by atoms with Gasteiger partial charge in [0.15, 0.2) is 0 Å². The summed E-state index contributed by atoms with van der Waals surface area (Å²) in [6.45, 7) is 7.31. The first-order chi connectivity index (χ1) is 9.11. The maximum Gasteiger partial charge on any atom is 0.122 e. The molecule has 0 aliphatic carbocycles. The molecule has 0 radical (unpaired) electrons. The van der Waals surface area contributed by atoms with E-state index >= 15 is 0 Å². The molecule has 0 saturated heterocycles. The fourth-order valence-electron chi connectivity index (χ4n) is 2.62. The summed E-state index contributed by atoms with van der Waals surface area (Å²) < 4.78 is 5.65. The molecule has 0 aromatic heterocycles. The van der Waals surface area contributed by atoms with Crippen molar-refractivity contribution in [2.24, 2.45) is 0 Å². The van der Waals surface area contributed by atoms with Gasteiger partial charge in [0, 0.05) is 12.1 Å². The summed E-state index contributed by atoms with van der Waals surface area (Å²) in [5, 5.41) is 6.81. The smallest absolute Gasteiger partial charge is 0.122 e. The van der Waals surface area contributed by atoms with Crippen molar-refractivity contribution >= 4 is 0 Å². The van der Waals surface area contributed by atoms with Gasteiger partial charge in [0.1, 0.15) is 5.75 Å². The second kappa shape index (κ2) is 6.40. The summed E-state index contributed by atoms with van der Waals surface area (Å²) in [5.41, 5.74) is 2.92. The molecule has 2 N–H and O–H groups in total. The van der Waals surface area contributed by atoms with Crippen molar-refractivity contribution in [1.29, 1.82) is 0 Å². The number of fused-ring (bicyclic) bond motifs is 1. The molecule has 0 saturated carbocycles. The van der Waals surface area contributed by atoms with Gasteiger partial charge in [-0.15, -0.1) is 0 Å². The summed E-state index contributed by atoms with van der Waals surface area (Å²) in [7, 11) is 1.99. The Morgan fingerprint density at radius 1 is 1.32 bits per heavy atom. The van der Waals surface area contributed by atoms with Crippen LogP contribution in [0.4, 0.5) is 0 Å².